The smallest absolute Gasteiger partial charge is 0.162 e. The van der Waals surface area contributed by atoms with Gasteiger partial charge in [0.05, 0.1) is 26.3 Å². The van der Waals surface area contributed by atoms with Crippen LogP contribution in [0.1, 0.15) is 0 Å². The molecule has 6 nitrogen and oxygen atoms in total. The fourth-order valence-corrected chi connectivity index (χ4v) is 2.84. The SMILES string of the molecule is COc1cc2nc(-c3ccc(Cl)cc3)nc(N(C)CCO)c2cc1OC. The van der Waals surface area contributed by atoms with E-state index < -0.39 is 0 Å². The molecule has 1 N–H and O–H groups in total. The first kappa shape index (κ1) is 18.2. The van der Waals surface area contributed by atoms with Crippen molar-refractivity contribution in [2.45, 2.75) is 0 Å². The summed E-state index contributed by atoms with van der Waals surface area (Å²) in [6, 6.07) is 11.0. The highest BCUT2D eigenvalue weighted by molar-refractivity contribution is 6.30. The fourth-order valence-electron chi connectivity index (χ4n) is 2.71. The molecule has 3 rings (SSSR count). The molecule has 0 aliphatic heterocycles. The van der Waals surface area contributed by atoms with Crippen molar-refractivity contribution in [3.05, 3.63) is 41.4 Å². The highest BCUT2D eigenvalue weighted by Crippen LogP contribution is 2.36. The number of rotatable bonds is 6. The molecule has 0 unspecified atom stereocenters. The summed E-state index contributed by atoms with van der Waals surface area (Å²) >= 11 is 5.98. The van der Waals surface area contributed by atoms with Crippen molar-refractivity contribution in [2.75, 3.05) is 39.3 Å². The summed E-state index contributed by atoms with van der Waals surface area (Å²) in [5, 5.41) is 10.8. The second kappa shape index (κ2) is 7.76. The van der Waals surface area contributed by atoms with E-state index in [1.165, 1.54) is 0 Å². The molecule has 0 saturated carbocycles. The zero-order valence-corrected chi connectivity index (χ0v) is 15.6. The number of fused-ring (bicyclic) bond motifs is 1. The predicted octanol–water partition coefficient (Wildman–Crippen LogP) is 3.40. The van der Waals surface area contributed by atoms with Crippen LogP contribution in [0.4, 0.5) is 5.82 Å². The zero-order valence-electron chi connectivity index (χ0n) is 14.9. The number of aliphatic hydroxyl groups excluding tert-OH is 1. The number of halogens is 1. The molecule has 1 aromatic heterocycles. The molecule has 136 valence electrons. The van der Waals surface area contributed by atoms with Crippen LogP contribution in [0, 0.1) is 0 Å². The van der Waals surface area contributed by atoms with Gasteiger partial charge in [0.2, 0.25) is 0 Å². The van der Waals surface area contributed by atoms with E-state index in [1.807, 2.05) is 36.2 Å². The largest absolute Gasteiger partial charge is 0.493 e. The topological polar surface area (TPSA) is 67.7 Å². The van der Waals surface area contributed by atoms with Crippen LogP contribution in [0.25, 0.3) is 22.3 Å². The van der Waals surface area contributed by atoms with Gasteiger partial charge in [-0.3, -0.25) is 0 Å². The van der Waals surface area contributed by atoms with E-state index in [4.69, 9.17) is 26.1 Å². The third-order valence-corrected chi connectivity index (χ3v) is 4.33. The molecule has 0 saturated heterocycles. The minimum Gasteiger partial charge on any atom is -0.493 e. The van der Waals surface area contributed by atoms with Gasteiger partial charge in [0, 0.05) is 35.6 Å². The molecule has 0 atom stereocenters. The van der Waals surface area contributed by atoms with E-state index in [-0.39, 0.29) is 6.61 Å². The second-order valence-electron chi connectivity index (χ2n) is 5.75. The molecular formula is C19H20ClN3O3. The summed E-state index contributed by atoms with van der Waals surface area (Å²) in [5.41, 5.74) is 1.58. The highest BCUT2D eigenvalue weighted by Gasteiger charge is 2.16. The number of benzene rings is 2. The molecule has 0 aliphatic carbocycles. The summed E-state index contributed by atoms with van der Waals surface area (Å²) < 4.78 is 10.8. The van der Waals surface area contributed by atoms with E-state index in [0.29, 0.717) is 34.7 Å². The van der Waals surface area contributed by atoms with Crippen LogP contribution in [0.15, 0.2) is 36.4 Å². The second-order valence-corrected chi connectivity index (χ2v) is 6.18. The zero-order chi connectivity index (χ0) is 18.7. The Bertz CT molecular complexity index is 916. The lowest BCUT2D eigenvalue weighted by molar-refractivity contribution is 0.304. The van der Waals surface area contributed by atoms with Crippen molar-refractivity contribution in [2.24, 2.45) is 0 Å². The number of nitrogens with zero attached hydrogens (tertiary/aromatic N) is 3. The molecule has 3 aromatic rings. The summed E-state index contributed by atoms with van der Waals surface area (Å²) in [5.74, 6) is 2.47. The number of methoxy groups -OCH3 is 2. The molecule has 0 amide bonds. The molecule has 0 fully saturated rings. The predicted molar refractivity (Wildman–Crippen MR) is 103 cm³/mol. The van der Waals surface area contributed by atoms with Gasteiger partial charge in [-0.2, -0.15) is 0 Å². The van der Waals surface area contributed by atoms with E-state index in [1.54, 1.807) is 26.4 Å². The summed E-state index contributed by atoms with van der Waals surface area (Å²) in [6.45, 7) is 0.464. The number of hydrogen-bond donors (Lipinski definition) is 1. The Morgan fingerprint density at radius 3 is 2.31 bits per heavy atom. The minimum absolute atomic E-state index is 0.0194. The van der Waals surface area contributed by atoms with Crippen molar-refractivity contribution in [1.82, 2.24) is 9.97 Å². The standard InChI is InChI=1S/C19H20ClN3O3/c1-23(8-9-24)19-14-10-16(25-2)17(26-3)11-15(14)21-18(22-19)12-4-6-13(20)7-5-12/h4-7,10-11,24H,8-9H2,1-3H3. The van der Waals surface area contributed by atoms with Gasteiger partial charge in [-0.05, 0) is 30.3 Å². The maximum absolute atomic E-state index is 9.33. The van der Waals surface area contributed by atoms with Crippen LogP contribution in [0.5, 0.6) is 11.5 Å². The lowest BCUT2D eigenvalue weighted by Crippen LogP contribution is -2.23. The van der Waals surface area contributed by atoms with Gasteiger partial charge in [0.15, 0.2) is 17.3 Å². The van der Waals surface area contributed by atoms with Gasteiger partial charge >= 0.3 is 0 Å². The molecule has 0 aliphatic rings. The minimum atomic E-state index is 0.0194. The molecular weight excluding hydrogens is 354 g/mol. The lowest BCUT2D eigenvalue weighted by Gasteiger charge is -2.20. The van der Waals surface area contributed by atoms with Crippen LogP contribution in [0.2, 0.25) is 5.02 Å². The molecule has 0 radical (unpaired) electrons. The number of aromatic nitrogens is 2. The molecule has 1 heterocycles. The van der Waals surface area contributed by atoms with Gasteiger partial charge < -0.3 is 19.5 Å². The van der Waals surface area contributed by atoms with Gasteiger partial charge in [0.1, 0.15) is 5.82 Å². The van der Waals surface area contributed by atoms with Crippen LogP contribution in [-0.4, -0.2) is 49.5 Å². The molecule has 26 heavy (non-hydrogen) atoms. The first-order valence-corrected chi connectivity index (χ1v) is 8.47. The van der Waals surface area contributed by atoms with Crippen LogP contribution in [0.3, 0.4) is 0 Å². The third kappa shape index (κ3) is 3.52. The molecule has 0 spiro atoms. The molecule has 2 aromatic carbocycles. The average molecular weight is 374 g/mol. The third-order valence-electron chi connectivity index (χ3n) is 4.08. The first-order chi connectivity index (χ1) is 12.6. The van der Waals surface area contributed by atoms with Gasteiger partial charge in [0.25, 0.3) is 0 Å². The highest BCUT2D eigenvalue weighted by atomic mass is 35.5. The summed E-state index contributed by atoms with van der Waals surface area (Å²) in [7, 11) is 5.05. The number of aliphatic hydroxyl groups is 1. The Morgan fingerprint density at radius 2 is 1.69 bits per heavy atom. The summed E-state index contributed by atoms with van der Waals surface area (Å²) in [4.78, 5) is 11.3. The Balaban J connectivity index is 2.25. The van der Waals surface area contributed by atoms with E-state index in [9.17, 15) is 5.11 Å². The van der Waals surface area contributed by atoms with Crippen molar-refractivity contribution in [3.8, 4) is 22.9 Å². The Morgan fingerprint density at radius 1 is 1.04 bits per heavy atom. The normalized spacial score (nSPS) is 10.8. The van der Waals surface area contributed by atoms with Crippen molar-refractivity contribution in [1.29, 1.82) is 0 Å². The maximum atomic E-state index is 9.33. The van der Waals surface area contributed by atoms with Crippen molar-refractivity contribution in [3.63, 3.8) is 0 Å². The fraction of sp³-hybridized carbons (Fsp3) is 0.263. The average Bonchev–Trinajstić information content (AvgIpc) is 2.66. The van der Waals surface area contributed by atoms with Crippen molar-refractivity contribution >= 4 is 28.3 Å². The number of ether oxygens (including phenoxy) is 2. The van der Waals surface area contributed by atoms with Gasteiger partial charge in [-0.15, -0.1) is 0 Å². The van der Waals surface area contributed by atoms with Gasteiger partial charge in [-0.25, -0.2) is 9.97 Å². The van der Waals surface area contributed by atoms with E-state index in [2.05, 4.69) is 4.98 Å². The number of anilines is 1. The maximum Gasteiger partial charge on any atom is 0.162 e. The molecule has 7 heteroatoms. The van der Waals surface area contributed by atoms with Crippen LogP contribution in [-0.2, 0) is 0 Å². The van der Waals surface area contributed by atoms with Crippen LogP contribution < -0.4 is 14.4 Å². The van der Waals surface area contributed by atoms with E-state index >= 15 is 0 Å². The monoisotopic (exact) mass is 373 g/mol. The van der Waals surface area contributed by atoms with Crippen LogP contribution >= 0.6 is 11.6 Å². The Kier molecular flexibility index (Phi) is 5.44. The van der Waals surface area contributed by atoms with Gasteiger partial charge in [-0.1, -0.05) is 11.6 Å². The Labute approximate surface area is 157 Å². The number of hydrogen-bond acceptors (Lipinski definition) is 6. The first-order valence-electron chi connectivity index (χ1n) is 8.09. The Hall–Kier alpha value is -2.57. The van der Waals surface area contributed by atoms with E-state index in [0.717, 1.165) is 16.5 Å². The lowest BCUT2D eigenvalue weighted by atomic mass is 10.1. The quantitative estimate of drug-likeness (QED) is 0.714. The molecule has 0 bridgehead atoms. The number of likely N-dealkylation sites (N-methyl/N-ethyl adjacent to an activating group) is 1. The van der Waals surface area contributed by atoms with Crippen molar-refractivity contribution < 1.29 is 14.6 Å². The summed E-state index contributed by atoms with van der Waals surface area (Å²) in [6.07, 6.45) is 0.